The zero-order valence-electron chi connectivity index (χ0n) is 20.1. The number of aromatic nitrogens is 1. The summed E-state index contributed by atoms with van der Waals surface area (Å²) in [5.41, 5.74) is 12.0. The lowest BCUT2D eigenvalue weighted by atomic mass is 9.64. The van der Waals surface area contributed by atoms with E-state index in [1.165, 1.54) is 49.2 Å². The van der Waals surface area contributed by atoms with Gasteiger partial charge in [0.05, 0.1) is 10.2 Å². The van der Waals surface area contributed by atoms with Crippen LogP contribution in [0, 0.1) is 5.92 Å². The minimum Gasteiger partial charge on any atom is -0.236 e. The number of rotatable bonds is 3. The van der Waals surface area contributed by atoms with Gasteiger partial charge in [0, 0.05) is 11.0 Å². The van der Waals surface area contributed by atoms with E-state index in [-0.39, 0.29) is 5.41 Å². The first-order chi connectivity index (χ1) is 16.4. The molecule has 0 radical (unpaired) electrons. The van der Waals surface area contributed by atoms with E-state index in [1.807, 2.05) is 6.07 Å². The van der Waals surface area contributed by atoms with Gasteiger partial charge in [-0.25, -0.2) is 4.98 Å². The molecule has 0 spiro atoms. The molecule has 3 aromatic carbocycles. The van der Waals surface area contributed by atoms with E-state index in [4.69, 9.17) is 4.98 Å². The van der Waals surface area contributed by atoms with Gasteiger partial charge in [-0.3, -0.25) is 0 Å². The van der Waals surface area contributed by atoms with E-state index in [0.29, 0.717) is 5.92 Å². The summed E-state index contributed by atoms with van der Waals surface area (Å²) in [4.78, 5) is 4.82. The molecule has 2 heteroatoms. The Balaban J connectivity index is 1.40. The van der Waals surface area contributed by atoms with Crippen molar-refractivity contribution in [2.24, 2.45) is 5.92 Å². The third kappa shape index (κ3) is 3.40. The second kappa shape index (κ2) is 7.92. The van der Waals surface area contributed by atoms with Gasteiger partial charge < -0.3 is 0 Å². The van der Waals surface area contributed by atoms with Crippen molar-refractivity contribution < 1.29 is 0 Å². The number of benzene rings is 3. The van der Waals surface area contributed by atoms with Crippen LogP contribution in [0.25, 0.3) is 37.5 Å². The molecule has 168 valence electrons. The largest absolute Gasteiger partial charge is 0.236 e. The standard InChI is InChI=1S/C32H29NS/c1-5-32(4)19-25-17-20(2)16-21(3)30(25)26-15-14-24(18-27(26)32)22-10-12-23(13-11-22)31-33-28-8-6-7-9-29(28)34-31/h5-15,17-18,21H,1,16,19H2,2-4H3. The van der Waals surface area contributed by atoms with E-state index >= 15 is 0 Å². The summed E-state index contributed by atoms with van der Waals surface area (Å²) in [5.74, 6) is 0.562. The van der Waals surface area contributed by atoms with Gasteiger partial charge in [-0.05, 0) is 77.3 Å². The maximum absolute atomic E-state index is 4.82. The zero-order chi connectivity index (χ0) is 23.4. The van der Waals surface area contributed by atoms with E-state index in [9.17, 15) is 0 Å². The maximum atomic E-state index is 4.82. The van der Waals surface area contributed by atoms with Crippen molar-refractivity contribution in [3.05, 3.63) is 108 Å². The van der Waals surface area contributed by atoms with Gasteiger partial charge in [0.15, 0.2) is 0 Å². The van der Waals surface area contributed by atoms with Gasteiger partial charge in [-0.1, -0.05) is 80.1 Å². The average Bonchev–Trinajstić information content (AvgIpc) is 3.28. The number of hydrogen-bond donors (Lipinski definition) is 0. The Morgan fingerprint density at radius 2 is 1.74 bits per heavy atom. The summed E-state index contributed by atoms with van der Waals surface area (Å²) in [6, 6.07) is 24.3. The normalized spacial score (nSPS) is 21.7. The number of nitrogens with zero attached hydrogens (tertiary/aromatic N) is 1. The fourth-order valence-corrected chi connectivity index (χ4v) is 6.80. The Kier molecular flexibility index (Phi) is 4.97. The highest BCUT2D eigenvalue weighted by Gasteiger charge is 2.36. The van der Waals surface area contributed by atoms with Gasteiger partial charge in [0.2, 0.25) is 0 Å². The molecular formula is C32H29NS. The smallest absolute Gasteiger partial charge is 0.124 e. The SMILES string of the molecule is C=CC1(C)CC2=C(c3ccc(-c4ccc(-c5nc6ccccc6s5)cc4)cc31)C(C)CC(C)=C2. The molecule has 1 aromatic heterocycles. The summed E-state index contributed by atoms with van der Waals surface area (Å²) in [6.45, 7) is 11.2. The van der Waals surface area contributed by atoms with Gasteiger partial charge >= 0.3 is 0 Å². The Morgan fingerprint density at radius 3 is 2.50 bits per heavy atom. The lowest BCUT2D eigenvalue weighted by Gasteiger charge is -2.39. The van der Waals surface area contributed by atoms with E-state index in [2.05, 4.69) is 100 Å². The molecule has 0 aliphatic heterocycles. The quantitative estimate of drug-likeness (QED) is 0.278. The Hall–Kier alpha value is -3.23. The molecule has 4 aromatic rings. The Bertz CT molecular complexity index is 1460. The molecule has 2 aliphatic rings. The molecule has 0 fully saturated rings. The highest BCUT2D eigenvalue weighted by Crippen LogP contribution is 2.50. The van der Waals surface area contributed by atoms with Gasteiger partial charge in [0.25, 0.3) is 0 Å². The molecule has 1 heterocycles. The number of thiazole rings is 1. The van der Waals surface area contributed by atoms with Crippen LogP contribution in [0.15, 0.2) is 96.6 Å². The summed E-state index contributed by atoms with van der Waals surface area (Å²) in [6.07, 6.45) is 6.76. The van der Waals surface area contributed by atoms with Crippen molar-refractivity contribution in [3.63, 3.8) is 0 Å². The monoisotopic (exact) mass is 459 g/mol. The van der Waals surface area contributed by atoms with Crippen LogP contribution >= 0.6 is 11.3 Å². The van der Waals surface area contributed by atoms with Gasteiger partial charge in [0.1, 0.15) is 5.01 Å². The molecule has 2 atom stereocenters. The number of fused-ring (bicyclic) bond motifs is 3. The fraction of sp³-hybridized carbons (Fsp3) is 0.219. The first-order valence-corrected chi connectivity index (χ1v) is 12.9. The Morgan fingerprint density at radius 1 is 1.00 bits per heavy atom. The summed E-state index contributed by atoms with van der Waals surface area (Å²) >= 11 is 1.75. The van der Waals surface area contributed by atoms with Crippen LogP contribution in [0.2, 0.25) is 0 Å². The first kappa shape index (κ1) is 21.3. The van der Waals surface area contributed by atoms with Crippen LogP contribution in [0.4, 0.5) is 0 Å². The second-order valence-electron chi connectivity index (χ2n) is 10.2. The van der Waals surface area contributed by atoms with E-state index < -0.39 is 0 Å². The van der Waals surface area contributed by atoms with Crippen LogP contribution < -0.4 is 0 Å². The number of hydrogen-bond acceptors (Lipinski definition) is 2. The molecule has 0 saturated carbocycles. The third-order valence-corrected chi connectivity index (χ3v) is 8.67. The third-order valence-electron chi connectivity index (χ3n) is 7.58. The van der Waals surface area contributed by atoms with Crippen LogP contribution in [0.5, 0.6) is 0 Å². The molecule has 0 N–H and O–H groups in total. The Labute approximate surface area is 206 Å². The second-order valence-corrected chi connectivity index (χ2v) is 11.2. The molecule has 6 rings (SSSR count). The van der Waals surface area contributed by atoms with Crippen LogP contribution in [-0.2, 0) is 5.41 Å². The topological polar surface area (TPSA) is 12.9 Å². The summed E-state index contributed by atoms with van der Waals surface area (Å²) in [7, 11) is 0. The van der Waals surface area contributed by atoms with Crippen molar-refractivity contribution in [1.82, 2.24) is 4.98 Å². The lowest BCUT2D eigenvalue weighted by molar-refractivity contribution is 0.569. The van der Waals surface area contributed by atoms with Crippen molar-refractivity contribution in [2.45, 2.75) is 39.0 Å². The lowest BCUT2D eigenvalue weighted by Crippen LogP contribution is -2.28. The molecule has 0 saturated heterocycles. The molecule has 0 amide bonds. The average molecular weight is 460 g/mol. The highest BCUT2D eigenvalue weighted by molar-refractivity contribution is 7.21. The van der Waals surface area contributed by atoms with Gasteiger partial charge in [-0.2, -0.15) is 0 Å². The zero-order valence-corrected chi connectivity index (χ0v) is 20.9. The van der Waals surface area contributed by atoms with Crippen LogP contribution in [0.1, 0.15) is 44.7 Å². The number of para-hydroxylation sites is 1. The van der Waals surface area contributed by atoms with Crippen molar-refractivity contribution in [3.8, 4) is 21.7 Å². The number of allylic oxidation sites excluding steroid dienone is 5. The molecule has 2 unspecified atom stereocenters. The highest BCUT2D eigenvalue weighted by atomic mass is 32.1. The predicted octanol–water partition coefficient (Wildman–Crippen LogP) is 9.22. The van der Waals surface area contributed by atoms with Crippen LogP contribution in [0.3, 0.4) is 0 Å². The van der Waals surface area contributed by atoms with Crippen LogP contribution in [-0.4, -0.2) is 4.98 Å². The molecule has 0 bridgehead atoms. The predicted molar refractivity (Wildman–Crippen MR) is 147 cm³/mol. The van der Waals surface area contributed by atoms with E-state index in [1.54, 1.807) is 11.3 Å². The minimum atomic E-state index is -0.0566. The maximum Gasteiger partial charge on any atom is 0.124 e. The summed E-state index contributed by atoms with van der Waals surface area (Å²) in [5, 5.41) is 1.08. The first-order valence-electron chi connectivity index (χ1n) is 12.1. The van der Waals surface area contributed by atoms with Gasteiger partial charge in [-0.15, -0.1) is 17.9 Å². The van der Waals surface area contributed by atoms with E-state index in [0.717, 1.165) is 23.4 Å². The molecule has 1 nitrogen and oxygen atoms in total. The minimum absolute atomic E-state index is 0.0566. The fourth-order valence-electron chi connectivity index (χ4n) is 5.83. The van der Waals surface area contributed by atoms with Crippen molar-refractivity contribution in [1.29, 1.82) is 0 Å². The molecule has 34 heavy (non-hydrogen) atoms. The van der Waals surface area contributed by atoms with Crippen molar-refractivity contribution >= 4 is 27.1 Å². The molecular weight excluding hydrogens is 430 g/mol. The van der Waals surface area contributed by atoms with Crippen molar-refractivity contribution in [2.75, 3.05) is 0 Å². The molecule has 2 aliphatic carbocycles. The summed E-state index contributed by atoms with van der Waals surface area (Å²) < 4.78 is 1.23.